The summed E-state index contributed by atoms with van der Waals surface area (Å²) in [7, 11) is 1.62. The third-order valence-electron chi connectivity index (χ3n) is 7.01. The van der Waals surface area contributed by atoms with Gasteiger partial charge in [0.1, 0.15) is 17.1 Å². The van der Waals surface area contributed by atoms with E-state index < -0.39 is 6.04 Å². The molecule has 1 aliphatic rings. The minimum absolute atomic E-state index is 0.140. The largest absolute Gasteiger partial charge is 0.507 e. The molecule has 4 aromatic rings. The molecule has 1 unspecified atom stereocenters. The Hall–Kier alpha value is -4.26. The first-order chi connectivity index (χ1) is 18.4. The molecule has 2 N–H and O–H groups in total. The van der Waals surface area contributed by atoms with E-state index in [1.54, 1.807) is 13.2 Å². The van der Waals surface area contributed by atoms with Crippen LogP contribution in [0.25, 0.3) is 11.3 Å². The monoisotopic (exact) mass is 511 g/mol. The fraction of sp³-hybridized carbons (Fsp3) is 0.290. The van der Waals surface area contributed by atoms with Gasteiger partial charge in [-0.15, -0.1) is 0 Å². The van der Waals surface area contributed by atoms with Crippen molar-refractivity contribution in [3.8, 4) is 28.5 Å². The topological polar surface area (TPSA) is 87.7 Å². The van der Waals surface area contributed by atoms with Gasteiger partial charge in [-0.25, -0.2) is 0 Å². The van der Waals surface area contributed by atoms with E-state index in [1.165, 1.54) is 0 Å². The molecule has 1 aliphatic heterocycles. The first-order valence-corrected chi connectivity index (χ1v) is 13.0. The van der Waals surface area contributed by atoms with E-state index in [9.17, 15) is 9.90 Å². The van der Waals surface area contributed by atoms with Gasteiger partial charge in [0.05, 0.1) is 19.8 Å². The summed E-state index contributed by atoms with van der Waals surface area (Å²) in [5.74, 6) is 1.28. The van der Waals surface area contributed by atoms with Crippen LogP contribution in [0, 0.1) is 13.8 Å². The fourth-order valence-corrected chi connectivity index (χ4v) is 5.23. The number of hydrogen-bond acceptors (Lipinski definition) is 5. The Balaban J connectivity index is 1.65. The van der Waals surface area contributed by atoms with Crippen molar-refractivity contribution >= 4 is 5.91 Å². The van der Waals surface area contributed by atoms with Crippen molar-refractivity contribution in [2.45, 2.75) is 46.2 Å². The number of carbonyl (C=O) groups excluding carboxylic acids is 1. The van der Waals surface area contributed by atoms with Crippen molar-refractivity contribution in [3.05, 3.63) is 94.2 Å². The van der Waals surface area contributed by atoms with E-state index in [0.29, 0.717) is 41.6 Å². The minimum Gasteiger partial charge on any atom is -0.507 e. The highest BCUT2D eigenvalue weighted by Gasteiger charge is 2.43. The molecule has 0 bridgehead atoms. The summed E-state index contributed by atoms with van der Waals surface area (Å²) >= 11 is 0. The third kappa shape index (κ3) is 4.60. The molecule has 7 nitrogen and oxygen atoms in total. The molecule has 1 atom stereocenters. The van der Waals surface area contributed by atoms with Gasteiger partial charge in [-0.3, -0.25) is 9.89 Å². The number of phenolic OH excluding ortho intramolecular Hbond substituents is 1. The van der Waals surface area contributed by atoms with Gasteiger partial charge < -0.3 is 19.5 Å². The quantitative estimate of drug-likeness (QED) is 0.256. The molecule has 0 fully saturated rings. The van der Waals surface area contributed by atoms with E-state index in [4.69, 9.17) is 9.47 Å². The zero-order valence-electron chi connectivity index (χ0n) is 22.2. The number of rotatable bonds is 9. The Labute approximate surface area is 223 Å². The number of phenols is 1. The maximum atomic E-state index is 13.8. The Morgan fingerprint density at radius 2 is 1.84 bits per heavy atom. The molecule has 7 heteroatoms. The first-order valence-electron chi connectivity index (χ1n) is 13.0. The SMILES string of the molecule is CCCCOc1ccc(C2c3c(-c4c(C)cc(C)cc4O)n[nH]c3C(=O)N2Cc2ccccc2)cc1OC. The van der Waals surface area contributed by atoms with Gasteiger partial charge in [0, 0.05) is 17.7 Å². The molecule has 1 aromatic heterocycles. The zero-order chi connectivity index (χ0) is 26.8. The summed E-state index contributed by atoms with van der Waals surface area (Å²) in [4.78, 5) is 15.6. The van der Waals surface area contributed by atoms with E-state index in [0.717, 1.165) is 40.7 Å². The lowest BCUT2D eigenvalue weighted by Gasteiger charge is -2.27. The van der Waals surface area contributed by atoms with Gasteiger partial charge in [0.15, 0.2) is 11.5 Å². The molecule has 0 spiro atoms. The standard InChI is InChI=1S/C31H33N3O4/c1-5-6-14-38-24-13-12-22(17-25(24)37-4)30-27-28(26-20(3)15-19(2)16-23(26)35)32-33-29(27)31(36)34(30)18-21-10-8-7-9-11-21/h7-13,15-17,30,35H,5-6,14,18H2,1-4H3,(H,32,33). The highest BCUT2D eigenvalue weighted by atomic mass is 16.5. The van der Waals surface area contributed by atoms with E-state index >= 15 is 0 Å². The molecule has 1 amide bonds. The molecule has 196 valence electrons. The van der Waals surface area contributed by atoms with E-state index in [-0.39, 0.29) is 11.7 Å². The molecule has 0 saturated carbocycles. The maximum absolute atomic E-state index is 13.8. The number of carbonyl (C=O) groups is 1. The third-order valence-corrected chi connectivity index (χ3v) is 7.01. The maximum Gasteiger partial charge on any atom is 0.273 e. The number of ether oxygens (including phenoxy) is 2. The molecule has 38 heavy (non-hydrogen) atoms. The Morgan fingerprint density at radius 1 is 1.05 bits per heavy atom. The predicted octanol–water partition coefficient (Wildman–Crippen LogP) is 6.33. The summed E-state index contributed by atoms with van der Waals surface area (Å²) in [6.45, 7) is 7.03. The molecule has 0 aliphatic carbocycles. The number of amides is 1. The summed E-state index contributed by atoms with van der Waals surface area (Å²) in [5.41, 5.74) is 6.12. The van der Waals surface area contributed by atoms with Crippen LogP contribution in [0.3, 0.4) is 0 Å². The van der Waals surface area contributed by atoms with Crippen LogP contribution in [0.4, 0.5) is 0 Å². The predicted molar refractivity (Wildman–Crippen MR) is 147 cm³/mol. The zero-order valence-corrected chi connectivity index (χ0v) is 22.2. The summed E-state index contributed by atoms with van der Waals surface area (Å²) in [5, 5.41) is 18.5. The van der Waals surface area contributed by atoms with Gasteiger partial charge in [-0.1, -0.05) is 55.8 Å². The number of unbranched alkanes of at least 4 members (excludes halogenated alkanes) is 1. The second kappa shape index (κ2) is 10.6. The van der Waals surface area contributed by atoms with Crippen LogP contribution in [0.5, 0.6) is 17.2 Å². The van der Waals surface area contributed by atoms with Crippen LogP contribution in [0.15, 0.2) is 60.7 Å². The molecule has 0 radical (unpaired) electrons. The van der Waals surface area contributed by atoms with Gasteiger partial charge in [-0.05, 0) is 60.7 Å². The number of nitrogens with zero attached hydrogens (tertiary/aromatic N) is 2. The second-order valence-electron chi connectivity index (χ2n) is 9.77. The molecule has 5 rings (SSSR count). The summed E-state index contributed by atoms with van der Waals surface area (Å²) in [6.07, 6.45) is 1.99. The Morgan fingerprint density at radius 3 is 2.55 bits per heavy atom. The van der Waals surface area contributed by atoms with Gasteiger partial charge in [0.2, 0.25) is 0 Å². The van der Waals surface area contributed by atoms with Crippen molar-refractivity contribution in [2.75, 3.05) is 13.7 Å². The lowest BCUT2D eigenvalue weighted by atomic mass is 9.93. The van der Waals surface area contributed by atoms with Gasteiger partial charge >= 0.3 is 0 Å². The van der Waals surface area contributed by atoms with Crippen molar-refractivity contribution in [1.29, 1.82) is 0 Å². The number of fused-ring (bicyclic) bond motifs is 1. The number of aromatic amines is 1. The highest BCUT2D eigenvalue weighted by Crippen LogP contribution is 2.47. The van der Waals surface area contributed by atoms with Crippen molar-refractivity contribution in [1.82, 2.24) is 15.1 Å². The van der Waals surface area contributed by atoms with Crippen molar-refractivity contribution in [3.63, 3.8) is 0 Å². The number of aromatic hydroxyl groups is 1. The van der Waals surface area contributed by atoms with Crippen LogP contribution < -0.4 is 9.47 Å². The van der Waals surface area contributed by atoms with E-state index in [1.807, 2.05) is 73.3 Å². The number of H-pyrrole nitrogens is 1. The van der Waals surface area contributed by atoms with Gasteiger partial charge in [0.25, 0.3) is 5.91 Å². The fourth-order valence-electron chi connectivity index (χ4n) is 5.23. The second-order valence-corrected chi connectivity index (χ2v) is 9.77. The average molecular weight is 512 g/mol. The average Bonchev–Trinajstić information content (AvgIpc) is 3.43. The van der Waals surface area contributed by atoms with Crippen molar-refractivity contribution < 1.29 is 19.4 Å². The number of nitrogens with one attached hydrogen (secondary N) is 1. The van der Waals surface area contributed by atoms with Crippen LogP contribution >= 0.6 is 0 Å². The number of hydrogen-bond donors (Lipinski definition) is 2. The molecule has 2 heterocycles. The molecular formula is C31H33N3O4. The van der Waals surface area contributed by atoms with E-state index in [2.05, 4.69) is 17.1 Å². The lowest BCUT2D eigenvalue weighted by molar-refractivity contribution is 0.0730. The number of aryl methyl sites for hydroxylation is 2. The van der Waals surface area contributed by atoms with Crippen LogP contribution in [0.2, 0.25) is 0 Å². The molecule has 0 saturated heterocycles. The Bertz CT molecular complexity index is 1440. The minimum atomic E-state index is -0.440. The van der Waals surface area contributed by atoms with Crippen LogP contribution in [-0.2, 0) is 6.54 Å². The smallest absolute Gasteiger partial charge is 0.273 e. The Kier molecular flexibility index (Phi) is 7.09. The number of aromatic nitrogens is 2. The lowest BCUT2D eigenvalue weighted by Crippen LogP contribution is -2.29. The summed E-state index contributed by atoms with van der Waals surface area (Å²) < 4.78 is 11.7. The highest BCUT2D eigenvalue weighted by molar-refractivity contribution is 6.00. The first kappa shape index (κ1) is 25.4. The number of methoxy groups -OCH3 is 1. The van der Waals surface area contributed by atoms with Crippen LogP contribution in [0.1, 0.15) is 64.1 Å². The number of benzene rings is 3. The molecular weight excluding hydrogens is 478 g/mol. The van der Waals surface area contributed by atoms with Crippen molar-refractivity contribution in [2.24, 2.45) is 0 Å². The van der Waals surface area contributed by atoms with Crippen LogP contribution in [-0.4, -0.2) is 39.8 Å². The summed E-state index contributed by atoms with van der Waals surface area (Å²) in [6, 6.07) is 19.0. The normalized spacial score (nSPS) is 14.6. The molecule has 3 aromatic carbocycles. The van der Waals surface area contributed by atoms with Gasteiger partial charge in [-0.2, -0.15) is 5.10 Å².